The van der Waals surface area contributed by atoms with Crippen LogP contribution < -0.4 is 26.0 Å². The highest BCUT2D eigenvalue weighted by molar-refractivity contribution is 6.00. The van der Waals surface area contributed by atoms with Gasteiger partial charge < -0.3 is 41.0 Å². The van der Waals surface area contributed by atoms with Gasteiger partial charge in [-0.1, -0.05) is 25.1 Å². The average molecular weight is 898 g/mol. The molecule has 3 amide bonds. The first-order valence-electron chi connectivity index (χ1n) is 19.1. The lowest BCUT2D eigenvalue weighted by atomic mass is 9.64. The molecule has 2 aliphatic rings. The highest BCUT2D eigenvalue weighted by Gasteiger charge is 2.66. The Balaban J connectivity index is 1.80. The van der Waals surface area contributed by atoms with Crippen LogP contribution in [0.25, 0.3) is 0 Å². The maximum atomic E-state index is 14.3. The number of benzene rings is 1. The minimum Gasteiger partial charge on any atom is -0.486 e. The molecule has 2 fully saturated rings. The second-order valence-corrected chi connectivity index (χ2v) is 14.8. The normalized spacial score (nSPS) is 18.0. The van der Waals surface area contributed by atoms with Gasteiger partial charge in [-0.3, -0.25) is 53.1 Å². The number of aliphatic carboxylic acids is 2. The number of carbonyl (C=O) groups excluding carboxylic acids is 6. The Morgan fingerprint density at radius 3 is 1.71 bits per heavy atom. The van der Waals surface area contributed by atoms with Crippen molar-refractivity contribution in [3.8, 4) is 5.75 Å². The van der Waals surface area contributed by atoms with E-state index in [9.17, 15) is 74.9 Å². The number of esters is 1. The molecule has 25 heteroatoms. The molecule has 0 bridgehead atoms. The van der Waals surface area contributed by atoms with Crippen molar-refractivity contribution in [3.63, 3.8) is 0 Å². The highest BCUT2D eigenvalue weighted by Crippen LogP contribution is 2.45. The molecule has 0 saturated carbocycles. The standard InChI is InChI=1S/C37H49F6N7O12/c1-22(34(60)46-24(14-30(58)61-2)25(51)19-62-23-6-4-3-5-7-23)35(20-44-21-35)33(59)31(32(36(38,39)40)37(41,42)43)47-26(52)15-45-27(53)16-48-8-10-49(17-28(54)55)12-13-50(11-9-48)18-29(56)57/h3-7,22,24,31-32,44H,8-21H2,1-2H3,(H,45,53)(H,46,60)(H,47,52)(H,54,55)(H,56,57). The van der Waals surface area contributed by atoms with Crippen LogP contribution in [-0.4, -0.2) is 189 Å². The van der Waals surface area contributed by atoms with Crippen LogP contribution >= 0.6 is 0 Å². The van der Waals surface area contributed by atoms with Gasteiger partial charge in [0.2, 0.25) is 17.7 Å². The third-order valence-corrected chi connectivity index (χ3v) is 10.4. The minimum atomic E-state index is -6.18. The Hall–Kier alpha value is -5.40. The highest BCUT2D eigenvalue weighted by atomic mass is 19.4. The molecule has 62 heavy (non-hydrogen) atoms. The molecule has 0 spiro atoms. The summed E-state index contributed by atoms with van der Waals surface area (Å²) in [6.07, 6.45) is -13.1. The molecular formula is C37H49F6N7O12. The van der Waals surface area contributed by atoms with Gasteiger partial charge in [-0.25, -0.2) is 0 Å². The first-order valence-corrected chi connectivity index (χ1v) is 19.1. The van der Waals surface area contributed by atoms with Crippen molar-refractivity contribution in [1.82, 2.24) is 36.0 Å². The number of halogens is 6. The zero-order valence-electron chi connectivity index (χ0n) is 33.7. The lowest BCUT2D eigenvalue weighted by Crippen LogP contribution is -2.70. The van der Waals surface area contributed by atoms with Crippen molar-refractivity contribution in [3.05, 3.63) is 30.3 Å². The fraction of sp³-hybridized carbons (Fsp3) is 0.622. The molecule has 0 aliphatic carbocycles. The predicted octanol–water partition coefficient (Wildman–Crippen LogP) is -1.09. The largest absolute Gasteiger partial charge is 0.486 e. The van der Waals surface area contributed by atoms with Crippen molar-refractivity contribution < 1.29 is 84.4 Å². The molecule has 0 aromatic heterocycles. The Morgan fingerprint density at radius 2 is 1.27 bits per heavy atom. The maximum Gasteiger partial charge on any atom is 0.402 e. The Morgan fingerprint density at radius 1 is 0.774 bits per heavy atom. The van der Waals surface area contributed by atoms with Crippen molar-refractivity contribution in [2.75, 3.05) is 92.3 Å². The topological polar surface area (TPSA) is 253 Å². The second-order valence-electron chi connectivity index (χ2n) is 14.8. The molecule has 1 aromatic carbocycles. The first-order chi connectivity index (χ1) is 29.0. The Labute approximate surface area is 350 Å². The number of nitrogens with one attached hydrogen (secondary N) is 4. The van der Waals surface area contributed by atoms with Crippen molar-refractivity contribution in [1.29, 1.82) is 0 Å². The summed E-state index contributed by atoms with van der Waals surface area (Å²) in [4.78, 5) is 106. The van der Waals surface area contributed by atoms with E-state index < -0.39 is 141 Å². The number of amides is 3. The maximum absolute atomic E-state index is 14.3. The number of rotatable bonds is 21. The molecular weight excluding hydrogens is 848 g/mol. The van der Waals surface area contributed by atoms with Gasteiger partial charge in [-0.05, 0) is 12.1 Å². The first kappa shape index (κ1) is 51.0. The summed E-state index contributed by atoms with van der Waals surface area (Å²) in [6.45, 7) is -2.75. The lowest BCUT2D eigenvalue weighted by molar-refractivity contribution is -0.290. The zero-order valence-corrected chi connectivity index (χ0v) is 33.7. The summed E-state index contributed by atoms with van der Waals surface area (Å²) < 4.78 is 95.5. The van der Waals surface area contributed by atoms with Crippen LogP contribution in [0.4, 0.5) is 26.3 Å². The predicted molar refractivity (Wildman–Crippen MR) is 200 cm³/mol. The number of carboxylic acids is 2. The monoisotopic (exact) mass is 897 g/mol. The third-order valence-electron chi connectivity index (χ3n) is 10.4. The fourth-order valence-corrected chi connectivity index (χ4v) is 6.78. The number of carbonyl (C=O) groups is 8. The number of nitrogens with zero attached hydrogens (tertiary/aromatic N) is 3. The molecule has 3 rings (SSSR count). The summed E-state index contributed by atoms with van der Waals surface area (Å²) >= 11 is 0. The van der Waals surface area contributed by atoms with Gasteiger partial charge in [0.25, 0.3) is 0 Å². The molecule has 1 aromatic rings. The van der Waals surface area contributed by atoms with Crippen LogP contribution in [0.3, 0.4) is 0 Å². The number of para-hydroxylation sites is 1. The van der Waals surface area contributed by atoms with Crippen LogP contribution in [0.1, 0.15) is 13.3 Å². The second kappa shape index (κ2) is 22.6. The Bertz CT molecular complexity index is 1720. The molecule has 2 heterocycles. The number of hydrogen-bond donors (Lipinski definition) is 6. The van der Waals surface area contributed by atoms with Crippen LogP contribution in [0, 0.1) is 17.3 Å². The third kappa shape index (κ3) is 15.2. The van der Waals surface area contributed by atoms with Crippen LogP contribution in [0.5, 0.6) is 5.75 Å². The number of carboxylic acid groups (broad SMARTS) is 2. The van der Waals surface area contributed by atoms with Crippen molar-refractivity contribution in [2.24, 2.45) is 17.3 Å². The Kier molecular flexibility index (Phi) is 18.6. The molecule has 3 atom stereocenters. The number of hydrogen-bond acceptors (Lipinski definition) is 14. The number of methoxy groups -OCH3 is 1. The van der Waals surface area contributed by atoms with E-state index in [1.807, 2.05) is 0 Å². The lowest BCUT2D eigenvalue weighted by Gasteiger charge is -2.47. The van der Waals surface area contributed by atoms with Gasteiger partial charge >= 0.3 is 30.3 Å². The summed E-state index contributed by atoms with van der Waals surface area (Å²) in [5.74, 6) is -15.8. The van der Waals surface area contributed by atoms with E-state index in [0.717, 1.165) is 14.0 Å². The molecule has 2 saturated heterocycles. The molecule has 6 N–H and O–H groups in total. The van der Waals surface area contributed by atoms with Gasteiger partial charge in [0.15, 0.2) is 17.5 Å². The minimum absolute atomic E-state index is 0.0736. The van der Waals surface area contributed by atoms with Crippen LogP contribution in [0.15, 0.2) is 30.3 Å². The number of Topliss-reactive ketones (excluding diaryl/α,β-unsaturated/α-hetero) is 2. The number of ether oxygens (including phenoxy) is 2. The summed E-state index contributed by atoms with van der Waals surface area (Å²) in [5.41, 5.74) is -2.33. The molecule has 2 aliphatic heterocycles. The van der Waals surface area contributed by atoms with Crippen LogP contribution in [-0.2, 0) is 43.1 Å². The van der Waals surface area contributed by atoms with E-state index in [0.29, 0.717) is 0 Å². The summed E-state index contributed by atoms with van der Waals surface area (Å²) in [6, 6.07) is 2.79. The molecule has 19 nitrogen and oxygen atoms in total. The van der Waals surface area contributed by atoms with E-state index in [1.165, 1.54) is 32.1 Å². The SMILES string of the molecule is COC(=O)CC(NC(=O)C(C)C1(C(=O)C(NC(=O)CNC(=O)CN2CCN(CC(=O)O)CCN(CC(=O)O)CC2)C(C(F)(F)F)C(F)(F)F)CNC1)C(=O)COc1ccccc1. The van der Waals surface area contributed by atoms with Gasteiger partial charge in [0.05, 0.1) is 51.0 Å². The van der Waals surface area contributed by atoms with E-state index in [-0.39, 0.29) is 45.0 Å². The molecule has 346 valence electrons. The summed E-state index contributed by atoms with van der Waals surface area (Å²) in [7, 11) is 0.982. The van der Waals surface area contributed by atoms with Gasteiger partial charge in [0, 0.05) is 52.4 Å². The zero-order chi connectivity index (χ0) is 46.4. The van der Waals surface area contributed by atoms with E-state index in [4.69, 9.17) is 4.74 Å². The summed E-state index contributed by atoms with van der Waals surface area (Å²) in [5, 5.41) is 26.8. The van der Waals surface area contributed by atoms with E-state index in [1.54, 1.807) is 18.2 Å². The molecule has 0 radical (unpaired) electrons. The van der Waals surface area contributed by atoms with Gasteiger partial charge in [0.1, 0.15) is 24.4 Å². The number of alkyl halides is 6. The quantitative estimate of drug-likeness (QED) is 0.0634. The van der Waals surface area contributed by atoms with E-state index >= 15 is 0 Å². The van der Waals surface area contributed by atoms with Gasteiger partial charge in [-0.15, -0.1) is 0 Å². The van der Waals surface area contributed by atoms with E-state index in [2.05, 4.69) is 20.7 Å². The van der Waals surface area contributed by atoms with Gasteiger partial charge in [-0.2, -0.15) is 26.3 Å². The average Bonchev–Trinajstić information content (AvgIpc) is 3.24. The molecule has 3 unspecified atom stereocenters. The number of ketones is 2. The van der Waals surface area contributed by atoms with Crippen LogP contribution in [0.2, 0.25) is 0 Å². The van der Waals surface area contributed by atoms with Crippen molar-refractivity contribution in [2.45, 2.75) is 37.8 Å². The fourth-order valence-electron chi connectivity index (χ4n) is 6.78. The smallest absolute Gasteiger partial charge is 0.402 e. The van der Waals surface area contributed by atoms with Crippen molar-refractivity contribution >= 4 is 47.2 Å².